The van der Waals surface area contributed by atoms with Crippen LogP contribution in [0.2, 0.25) is 0 Å². The van der Waals surface area contributed by atoms with Crippen LogP contribution in [0.25, 0.3) is 0 Å². The van der Waals surface area contributed by atoms with E-state index in [1.54, 1.807) is 24.1 Å². The molecule has 0 aliphatic carbocycles. The highest BCUT2D eigenvalue weighted by atomic mass is 16.6. The van der Waals surface area contributed by atoms with E-state index in [0.717, 1.165) is 25.9 Å². The first-order chi connectivity index (χ1) is 13.4. The molecule has 0 saturated carbocycles. The van der Waals surface area contributed by atoms with Crippen LogP contribution in [0.4, 0.5) is 11.4 Å². The van der Waals surface area contributed by atoms with Gasteiger partial charge in [-0.15, -0.1) is 0 Å². The molecule has 1 aromatic carbocycles. The molecule has 2 amide bonds. The van der Waals surface area contributed by atoms with Crippen molar-refractivity contribution in [3.63, 3.8) is 0 Å². The highest BCUT2D eigenvalue weighted by molar-refractivity contribution is 5.96. The van der Waals surface area contributed by atoms with E-state index in [1.165, 1.54) is 6.07 Å². The predicted molar refractivity (Wildman–Crippen MR) is 106 cm³/mol. The minimum Gasteiger partial charge on any atom is -0.366 e. The van der Waals surface area contributed by atoms with Gasteiger partial charge in [-0.2, -0.15) is 0 Å². The zero-order chi connectivity index (χ0) is 20.3. The van der Waals surface area contributed by atoms with Gasteiger partial charge < -0.3 is 15.1 Å². The second kappa shape index (κ2) is 8.58. The molecule has 1 N–H and O–H groups in total. The lowest BCUT2D eigenvalue weighted by Gasteiger charge is -2.33. The van der Waals surface area contributed by atoms with Crippen molar-refractivity contribution >= 4 is 23.2 Å². The molecule has 2 saturated heterocycles. The summed E-state index contributed by atoms with van der Waals surface area (Å²) in [7, 11) is 1.61. The number of nitro benzene ring substituents is 1. The zero-order valence-electron chi connectivity index (χ0n) is 16.5. The number of benzene rings is 1. The van der Waals surface area contributed by atoms with Crippen LogP contribution in [0, 0.1) is 22.0 Å². The third kappa shape index (κ3) is 4.26. The van der Waals surface area contributed by atoms with Crippen molar-refractivity contribution in [1.82, 2.24) is 10.2 Å². The van der Waals surface area contributed by atoms with Crippen LogP contribution in [0.3, 0.4) is 0 Å². The van der Waals surface area contributed by atoms with Gasteiger partial charge in [0.2, 0.25) is 5.91 Å². The lowest BCUT2D eigenvalue weighted by Crippen LogP contribution is -2.42. The smallest absolute Gasteiger partial charge is 0.293 e. The van der Waals surface area contributed by atoms with Gasteiger partial charge in [-0.3, -0.25) is 19.7 Å². The summed E-state index contributed by atoms with van der Waals surface area (Å²) >= 11 is 0. The Morgan fingerprint density at radius 1 is 1.18 bits per heavy atom. The number of hydrogen-bond donors (Lipinski definition) is 1. The van der Waals surface area contributed by atoms with Crippen molar-refractivity contribution in [3.8, 4) is 0 Å². The summed E-state index contributed by atoms with van der Waals surface area (Å²) in [4.78, 5) is 39.6. The molecule has 0 unspecified atom stereocenters. The molecule has 0 radical (unpaired) electrons. The van der Waals surface area contributed by atoms with Crippen molar-refractivity contribution in [2.24, 2.45) is 11.8 Å². The third-order valence-corrected chi connectivity index (χ3v) is 5.82. The summed E-state index contributed by atoms with van der Waals surface area (Å²) in [6.07, 6.45) is 3.36. The van der Waals surface area contributed by atoms with Gasteiger partial charge in [0.05, 0.1) is 4.92 Å². The number of nitro groups is 1. The van der Waals surface area contributed by atoms with Crippen LogP contribution >= 0.6 is 0 Å². The summed E-state index contributed by atoms with van der Waals surface area (Å²) in [5.41, 5.74) is 0.908. The van der Waals surface area contributed by atoms with Gasteiger partial charge in [-0.05, 0) is 43.7 Å². The molecule has 0 aromatic heterocycles. The lowest BCUT2D eigenvalue weighted by molar-refractivity contribution is -0.384. The minimum atomic E-state index is -0.400. The molecule has 2 fully saturated rings. The quantitative estimate of drug-likeness (QED) is 0.631. The van der Waals surface area contributed by atoms with Crippen LogP contribution in [-0.2, 0) is 4.79 Å². The first kappa shape index (κ1) is 20.1. The van der Waals surface area contributed by atoms with Gasteiger partial charge in [-0.1, -0.05) is 6.92 Å². The zero-order valence-corrected chi connectivity index (χ0v) is 16.5. The van der Waals surface area contributed by atoms with Crippen LogP contribution in [0.15, 0.2) is 18.2 Å². The first-order valence-electron chi connectivity index (χ1n) is 9.95. The second-order valence-corrected chi connectivity index (χ2v) is 7.83. The van der Waals surface area contributed by atoms with E-state index in [9.17, 15) is 19.7 Å². The lowest BCUT2D eigenvalue weighted by atomic mass is 9.95. The molecule has 28 heavy (non-hydrogen) atoms. The molecule has 1 aromatic rings. The van der Waals surface area contributed by atoms with E-state index in [4.69, 9.17) is 0 Å². The maximum Gasteiger partial charge on any atom is 0.293 e. The first-order valence-corrected chi connectivity index (χ1v) is 9.95. The van der Waals surface area contributed by atoms with E-state index in [0.29, 0.717) is 43.1 Å². The van der Waals surface area contributed by atoms with Gasteiger partial charge in [0.1, 0.15) is 5.69 Å². The maximum atomic E-state index is 12.8. The number of carbonyl (C=O) groups is 2. The molecule has 2 aliphatic heterocycles. The number of rotatable bonds is 4. The molecule has 152 valence electrons. The van der Waals surface area contributed by atoms with Crippen LogP contribution in [0.5, 0.6) is 0 Å². The fraction of sp³-hybridized carbons (Fsp3) is 0.600. The Hall–Kier alpha value is -2.64. The summed E-state index contributed by atoms with van der Waals surface area (Å²) in [5, 5.41) is 14.3. The van der Waals surface area contributed by atoms with E-state index >= 15 is 0 Å². The molecule has 8 nitrogen and oxygen atoms in total. The van der Waals surface area contributed by atoms with Crippen molar-refractivity contribution in [1.29, 1.82) is 0 Å². The van der Waals surface area contributed by atoms with Gasteiger partial charge in [0.15, 0.2) is 0 Å². The van der Waals surface area contributed by atoms with Crippen LogP contribution < -0.4 is 10.2 Å². The van der Waals surface area contributed by atoms with Gasteiger partial charge >= 0.3 is 0 Å². The highest BCUT2D eigenvalue weighted by Crippen LogP contribution is 2.33. The minimum absolute atomic E-state index is 0.00264. The number of likely N-dealkylation sites (tertiary alicyclic amines) is 1. The van der Waals surface area contributed by atoms with Gasteiger partial charge in [0, 0.05) is 50.8 Å². The summed E-state index contributed by atoms with van der Waals surface area (Å²) in [6.45, 7) is 4.71. The van der Waals surface area contributed by atoms with E-state index in [2.05, 4.69) is 17.1 Å². The second-order valence-electron chi connectivity index (χ2n) is 7.83. The Kier molecular flexibility index (Phi) is 6.16. The third-order valence-electron chi connectivity index (χ3n) is 5.82. The number of nitrogens with one attached hydrogen (secondary N) is 1. The predicted octanol–water partition coefficient (Wildman–Crippen LogP) is 2.43. The average molecular weight is 388 g/mol. The number of carbonyl (C=O) groups excluding carboxylic acids is 2. The summed E-state index contributed by atoms with van der Waals surface area (Å²) < 4.78 is 0. The number of amides is 2. The molecule has 0 bridgehead atoms. The molecule has 2 heterocycles. The van der Waals surface area contributed by atoms with Crippen LogP contribution in [0.1, 0.15) is 43.0 Å². The molecular weight excluding hydrogens is 360 g/mol. The Bertz CT molecular complexity index is 759. The molecule has 1 atom stereocenters. The fourth-order valence-electron chi connectivity index (χ4n) is 4.21. The Balaban J connectivity index is 1.75. The number of hydrogen-bond acceptors (Lipinski definition) is 5. The number of nitrogens with zero attached hydrogens (tertiary/aromatic N) is 3. The fourth-order valence-corrected chi connectivity index (χ4v) is 4.21. The van der Waals surface area contributed by atoms with Crippen molar-refractivity contribution in [2.45, 2.75) is 32.6 Å². The van der Waals surface area contributed by atoms with Gasteiger partial charge in [0.25, 0.3) is 11.6 Å². The largest absolute Gasteiger partial charge is 0.366 e. The monoisotopic (exact) mass is 388 g/mol. The van der Waals surface area contributed by atoms with Crippen molar-refractivity contribution in [2.75, 3.05) is 38.1 Å². The molecular formula is C20H28N4O4. The number of piperidine rings is 2. The Labute approximate surface area is 165 Å². The Morgan fingerprint density at radius 3 is 2.50 bits per heavy atom. The SMILES string of the molecule is CNC(=O)C1CCN(C(=O)c2ccc(N3CCC[C@@H](C)C3)c([N+](=O)[O-])c2)CC1. The van der Waals surface area contributed by atoms with Crippen molar-refractivity contribution < 1.29 is 14.5 Å². The average Bonchev–Trinajstić information content (AvgIpc) is 2.72. The molecule has 3 rings (SSSR count). The molecule has 8 heteroatoms. The van der Waals surface area contributed by atoms with E-state index in [-0.39, 0.29) is 23.4 Å². The normalized spacial score (nSPS) is 20.7. The standard InChI is InChI=1S/C20H28N4O4/c1-14-4-3-9-23(13-14)17-6-5-16(12-18(17)24(27)28)20(26)22-10-7-15(8-11-22)19(25)21-2/h5-6,12,14-15H,3-4,7-11,13H2,1-2H3,(H,21,25)/t14-/m1/s1. The summed E-state index contributed by atoms with van der Waals surface area (Å²) in [5.74, 6) is 0.211. The van der Waals surface area contributed by atoms with Gasteiger partial charge in [-0.25, -0.2) is 0 Å². The highest BCUT2D eigenvalue weighted by Gasteiger charge is 2.29. The topological polar surface area (TPSA) is 95.8 Å². The molecule has 0 spiro atoms. The van der Waals surface area contributed by atoms with Crippen LogP contribution in [-0.4, -0.2) is 54.9 Å². The summed E-state index contributed by atoms with van der Waals surface area (Å²) in [6, 6.07) is 4.80. The maximum absolute atomic E-state index is 12.8. The van der Waals surface area contributed by atoms with E-state index in [1.807, 2.05) is 0 Å². The number of anilines is 1. The van der Waals surface area contributed by atoms with Crippen molar-refractivity contribution in [3.05, 3.63) is 33.9 Å². The van der Waals surface area contributed by atoms with E-state index < -0.39 is 4.92 Å². The Morgan fingerprint density at radius 2 is 1.89 bits per heavy atom. The molecule has 2 aliphatic rings.